The van der Waals surface area contributed by atoms with Crippen molar-refractivity contribution in [1.82, 2.24) is 4.90 Å². The third-order valence-corrected chi connectivity index (χ3v) is 3.06. The average molecular weight is 315 g/mol. The Kier molecular flexibility index (Phi) is 7.18. The van der Waals surface area contributed by atoms with Crippen LogP contribution in [-0.4, -0.2) is 42.4 Å². The highest BCUT2D eigenvalue weighted by molar-refractivity contribution is 7.80. The molecule has 0 saturated carbocycles. The van der Waals surface area contributed by atoms with E-state index in [1.807, 2.05) is 0 Å². The highest BCUT2D eigenvalue weighted by atomic mass is 32.1. The molecule has 0 aromatic heterocycles. The van der Waals surface area contributed by atoms with Gasteiger partial charge in [-0.2, -0.15) is 0 Å². The number of nitrogens with zero attached hydrogens (tertiary/aromatic N) is 1. The fourth-order valence-electron chi connectivity index (χ4n) is 1.81. The van der Waals surface area contributed by atoms with E-state index in [9.17, 15) is 13.6 Å². The molecule has 3 N–H and O–H groups in total. The van der Waals surface area contributed by atoms with Crippen LogP contribution < -0.4 is 11.1 Å². The summed E-state index contributed by atoms with van der Waals surface area (Å²) >= 11 is 4.87. The van der Waals surface area contributed by atoms with Gasteiger partial charge in [0.05, 0.1) is 6.54 Å². The molecular weight excluding hydrogens is 296 g/mol. The summed E-state index contributed by atoms with van der Waals surface area (Å²) in [5.41, 5.74) is 6.82. The molecule has 0 aliphatic carbocycles. The summed E-state index contributed by atoms with van der Waals surface area (Å²) in [7, 11) is 1.61. The predicted molar refractivity (Wildman–Crippen MR) is 83.7 cm³/mol. The SMILES string of the molecule is CN(CCCC(=O)Nc1cccc(C(N)=S)c1)CC(F)F. The first-order chi connectivity index (χ1) is 9.88. The molecule has 0 atom stereocenters. The van der Waals surface area contributed by atoms with E-state index in [0.29, 0.717) is 24.2 Å². The number of benzene rings is 1. The van der Waals surface area contributed by atoms with Crippen LogP contribution in [0.15, 0.2) is 24.3 Å². The first-order valence-electron chi connectivity index (χ1n) is 6.55. The molecule has 116 valence electrons. The minimum absolute atomic E-state index is 0.166. The van der Waals surface area contributed by atoms with Crippen LogP contribution in [-0.2, 0) is 4.79 Å². The maximum atomic E-state index is 12.1. The molecule has 0 spiro atoms. The van der Waals surface area contributed by atoms with Crippen molar-refractivity contribution in [2.24, 2.45) is 5.73 Å². The number of carbonyl (C=O) groups is 1. The lowest BCUT2D eigenvalue weighted by Gasteiger charge is -2.15. The molecule has 0 bridgehead atoms. The van der Waals surface area contributed by atoms with E-state index in [1.165, 1.54) is 4.90 Å². The first kappa shape index (κ1) is 17.5. The zero-order valence-corrected chi connectivity index (χ0v) is 12.6. The monoisotopic (exact) mass is 315 g/mol. The van der Waals surface area contributed by atoms with Gasteiger partial charge in [-0.3, -0.25) is 4.79 Å². The van der Waals surface area contributed by atoms with Crippen LogP contribution in [0.25, 0.3) is 0 Å². The molecule has 0 unspecified atom stereocenters. The van der Waals surface area contributed by atoms with Gasteiger partial charge in [0.1, 0.15) is 4.99 Å². The lowest BCUT2D eigenvalue weighted by Crippen LogP contribution is -2.26. The molecule has 0 saturated heterocycles. The lowest BCUT2D eigenvalue weighted by atomic mass is 10.2. The van der Waals surface area contributed by atoms with E-state index in [1.54, 1.807) is 31.3 Å². The Hall–Kier alpha value is -1.60. The predicted octanol–water partition coefficient (Wildman–Crippen LogP) is 2.24. The summed E-state index contributed by atoms with van der Waals surface area (Å²) in [6, 6.07) is 6.95. The highest BCUT2D eigenvalue weighted by Gasteiger charge is 2.09. The Labute approximate surface area is 128 Å². The molecule has 1 aromatic carbocycles. The standard InChI is InChI=1S/C14H19F2N3OS/c1-19(9-12(15)16)7-3-6-13(20)18-11-5-2-4-10(8-11)14(17)21/h2,4-5,8,12H,3,6-7,9H2,1H3,(H2,17,21)(H,18,20). The van der Waals surface area contributed by atoms with E-state index in [4.69, 9.17) is 18.0 Å². The smallest absolute Gasteiger partial charge is 0.251 e. The van der Waals surface area contributed by atoms with Crippen molar-refractivity contribution in [2.75, 3.05) is 25.5 Å². The largest absolute Gasteiger partial charge is 0.389 e. The lowest BCUT2D eigenvalue weighted by molar-refractivity contribution is -0.116. The molecular formula is C14H19F2N3OS. The van der Waals surface area contributed by atoms with Gasteiger partial charge in [-0.15, -0.1) is 0 Å². The molecule has 7 heteroatoms. The summed E-state index contributed by atoms with van der Waals surface area (Å²) < 4.78 is 24.2. The zero-order valence-electron chi connectivity index (χ0n) is 11.8. The third-order valence-electron chi connectivity index (χ3n) is 2.82. The number of thiocarbonyl (C=S) groups is 1. The van der Waals surface area contributed by atoms with Crippen LogP contribution in [0, 0.1) is 0 Å². The van der Waals surface area contributed by atoms with Gasteiger partial charge in [0.25, 0.3) is 6.43 Å². The van der Waals surface area contributed by atoms with Crippen LogP contribution >= 0.6 is 12.2 Å². The highest BCUT2D eigenvalue weighted by Crippen LogP contribution is 2.11. The number of hydrogen-bond acceptors (Lipinski definition) is 3. The molecule has 0 aliphatic heterocycles. The molecule has 0 radical (unpaired) electrons. The normalized spacial score (nSPS) is 10.9. The van der Waals surface area contributed by atoms with Gasteiger partial charge in [0.15, 0.2) is 0 Å². The number of anilines is 1. The minimum Gasteiger partial charge on any atom is -0.389 e. The third kappa shape index (κ3) is 7.10. The van der Waals surface area contributed by atoms with Crippen molar-refractivity contribution >= 4 is 28.8 Å². The molecule has 1 aromatic rings. The van der Waals surface area contributed by atoms with E-state index in [-0.39, 0.29) is 23.9 Å². The maximum absolute atomic E-state index is 12.1. The van der Waals surface area contributed by atoms with Crippen LogP contribution in [0.1, 0.15) is 18.4 Å². The molecule has 21 heavy (non-hydrogen) atoms. The van der Waals surface area contributed by atoms with E-state index < -0.39 is 6.43 Å². The van der Waals surface area contributed by atoms with Gasteiger partial charge in [-0.05, 0) is 32.1 Å². The Balaban J connectivity index is 2.37. The van der Waals surface area contributed by atoms with Gasteiger partial charge in [-0.25, -0.2) is 8.78 Å². The van der Waals surface area contributed by atoms with E-state index in [2.05, 4.69) is 5.32 Å². The van der Waals surface area contributed by atoms with Gasteiger partial charge >= 0.3 is 0 Å². The number of nitrogens with two attached hydrogens (primary N) is 1. The Bertz CT molecular complexity index is 497. The van der Waals surface area contributed by atoms with Crippen molar-refractivity contribution in [2.45, 2.75) is 19.3 Å². The van der Waals surface area contributed by atoms with Gasteiger partial charge in [0.2, 0.25) is 5.91 Å². The number of alkyl halides is 2. The maximum Gasteiger partial charge on any atom is 0.251 e. The summed E-state index contributed by atoms with van der Waals surface area (Å²) in [6.45, 7) is 0.169. The Morgan fingerprint density at radius 2 is 2.19 bits per heavy atom. The first-order valence-corrected chi connectivity index (χ1v) is 6.95. The van der Waals surface area contributed by atoms with Crippen molar-refractivity contribution in [3.05, 3.63) is 29.8 Å². The molecule has 4 nitrogen and oxygen atoms in total. The molecule has 0 aliphatic rings. The summed E-state index contributed by atoms with van der Waals surface area (Å²) in [6.07, 6.45) is -1.57. The van der Waals surface area contributed by atoms with Gasteiger partial charge in [0, 0.05) is 17.7 Å². The second-order valence-corrected chi connectivity index (χ2v) is 5.19. The Morgan fingerprint density at radius 1 is 1.48 bits per heavy atom. The fraction of sp³-hybridized carbons (Fsp3) is 0.429. The Morgan fingerprint density at radius 3 is 2.81 bits per heavy atom. The average Bonchev–Trinajstić information content (AvgIpc) is 2.37. The van der Waals surface area contributed by atoms with Crippen molar-refractivity contribution in [1.29, 1.82) is 0 Å². The van der Waals surface area contributed by atoms with Crippen molar-refractivity contribution in [3.63, 3.8) is 0 Å². The molecule has 1 amide bonds. The van der Waals surface area contributed by atoms with Crippen molar-refractivity contribution in [3.8, 4) is 0 Å². The number of hydrogen-bond donors (Lipinski definition) is 2. The second-order valence-electron chi connectivity index (χ2n) is 4.75. The topological polar surface area (TPSA) is 58.4 Å². The summed E-state index contributed by atoms with van der Waals surface area (Å²) in [5.74, 6) is -0.166. The van der Waals surface area contributed by atoms with Crippen LogP contribution in [0.2, 0.25) is 0 Å². The minimum atomic E-state index is -2.35. The molecule has 0 heterocycles. The second kappa shape index (κ2) is 8.63. The van der Waals surface area contributed by atoms with Gasteiger partial charge < -0.3 is 16.0 Å². The molecule has 1 rings (SSSR count). The number of carbonyl (C=O) groups excluding carboxylic acids is 1. The van der Waals surface area contributed by atoms with Crippen LogP contribution in [0.4, 0.5) is 14.5 Å². The number of amides is 1. The fourth-order valence-corrected chi connectivity index (χ4v) is 1.94. The number of rotatable bonds is 8. The quantitative estimate of drug-likeness (QED) is 0.722. The van der Waals surface area contributed by atoms with Crippen LogP contribution in [0.5, 0.6) is 0 Å². The summed E-state index contributed by atoms with van der Waals surface area (Å²) in [4.78, 5) is 13.5. The number of nitrogens with one attached hydrogen (secondary N) is 1. The van der Waals surface area contributed by atoms with E-state index in [0.717, 1.165) is 0 Å². The van der Waals surface area contributed by atoms with E-state index >= 15 is 0 Å². The number of halogens is 2. The molecule has 0 fully saturated rings. The van der Waals surface area contributed by atoms with Gasteiger partial charge in [-0.1, -0.05) is 24.4 Å². The summed E-state index contributed by atoms with van der Waals surface area (Å²) in [5, 5.41) is 2.73. The van der Waals surface area contributed by atoms with Crippen LogP contribution in [0.3, 0.4) is 0 Å². The zero-order chi connectivity index (χ0) is 15.8. The van der Waals surface area contributed by atoms with Crippen molar-refractivity contribution < 1.29 is 13.6 Å².